The Balaban J connectivity index is 1.40. The zero-order valence-corrected chi connectivity index (χ0v) is 24.3. The van der Waals surface area contributed by atoms with Gasteiger partial charge in [0.25, 0.3) is 5.91 Å². The highest BCUT2D eigenvalue weighted by Crippen LogP contribution is 2.54. The first-order chi connectivity index (χ1) is 19.4. The Kier molecular flexibility index (Phi) is 8.12. The number of benzene rings is 1. The number of carbonyl (C=O) groups is 1. The fourth-order valence-electron chi connectivity index (χ4n) is 5.54. The van der Waals surface area contributed by atoms with E-state index >= 15 is 0 Å². The molecule has 1 aromatic carbocycles. The molecule has 0 bridgehead atoms. The van der Waals surface area contributed by atoms with Crippen LogP contribution < -0.4 is 19.8 Å². The number of aryl methyl sites for hydroxylation is 1. The molecule has 41 heavy (non-hydrogen) atoms. The standard InChI is InChI=1S/C28H38F2N6O4S/c1-19-15-24(33-26(31-19)36-11-7-27(2,30)8-12-36)32-25(38)22-4-3-20(34-41(39,40)21(17-29)18-37)16-23(22)35-13-9-28(5-6-28)10-14-35/h3-4,15-16,21,34,37H,5-14,17-18H2,1-2H3,(H,31,32,33,38)/t21-/m0/s1. The summed E-state index contributed by atoms with van der Waals surface area (Å²) in [5.41, 5.74) is 0.903. The van der Waals surface area contributed by atoms with Gasteiger partial charge in [-0.3, -0.25) is 9.52 Å². The van der Waals surface area contributed by atoms with E-state index in [1.807, 2.05) is 4.90 Å². The quantitative estimate of drug-likeness (QED) is 0.401. The lowest BCUT2D eigenvalue weighted by Gasteiger charge is -2.35. The molecule has 2 aromatic rings. The van der Waals surface area contributed by atoms with Gasteiger partial charge < -0.3 is 20.2 Å². The number of rotatable bonds is 9. The lowest BCUT2D eigenvalue weighted by atomic mass is 9.93. The third kappa shape index (κ3) is 6.72. The third-order valence-corrected chi connectivity index (χ3v) is 10.3. The highest BCUT2D eigenvalue weighted by atomic mass is 32.2. The predicted molar refractivity (Wildman–Crippen MR) is 155 cm³/mol. The Hall–Kier alpha value is -3.06. The van der Waals surface area contributed by atoms with Crippen molar-refractivity contribution in [3.8, 4) is 0 Å². The lowest BCUT2D eigenvalue weighted by Crippen LogP contribution is -2.41. The summed E-state index contributed by atoms with van der Waals surface area (Å²) in [7, 11) is -4.18. The molecule has 1 aromatic heterocycles. The van der Waals surface area contributed by atoms with Gasteiger partial charge in [-0.1, -0.05) is 0 Å². The number of aliphatic hydroxyl groups excluding tert-OH is 1. The molecule has 1 saturated carbocycles. The summed E-state index contributed by atoms with van der Waals surface area (Å²) in [6.45, 7) is 3.71. The van der Waals surface area contributed by atoms with Crippen molar-refractivity contribution in [1.29, 1.82) is 0 Å². The number of hydrogen-bond acceptors (Lipinski definition) is 8. The summed E-state index contributed by atoms with van der Waals surface area (Å²) in [6.07, 6.45) is 5.12. The number of piperidine rings is 2. The monoisotopic (exact) mass is 592 g/mol. The van der Waals surface area contributed by atoms with Gasteiger partial charge in [-0.25, -0.2) is 22.2 Å². The number of carbonyl (C=O) groups excluding carboxylic acids is 1. The fraction of sp³-hybridized carbons (Fsp3) is 0.607. The molecule has 13 heteroatoms. The lowest BCUT2D eigenvalue weighted by molar-refractivity contribution is 0.102. The maximum Gasteiger partial charge on any atom is 0.258 e. The van der Waals surface area contributed by atoms with Gasteiger partial charge in [0.1, 0.15) is 23.4 Å². The van der Waals surface area contributed by atoms with Crippen LogP contribution in [-0.4, -0.2) is 79.8 Å². The molecule has 10 nitrogen and oxygen atoms in total. The van der Waals surface area contributed by atoms with Gasteiger partial charge in [0.05, 0.1) is 23.5 Å². The molecule has 2 aliphatic heterocycles. The zero-order valence-electron chi connectivity index (χ0n) is 23.5. The van der Waals surface area contributed by atoms with E-state index in [9.17, 15) is 27.1 Å². The zero-order chi connectivity index (χ0) is 29.4. The van der Waals surface area contributed by atoms with E-state index in [-0.39, 0.29) is 5.69 Å². The van der Waals surface area contributed by atoms with E-state index in [1.54, 1.807) is 26.0 Å². The van der Waals surface area contributed by atoms with Crippen LogP contribution in [0.25, 0.3) is 0 Å². The average Bonchev–Trinajstić information content (AvgIpc) is 3.67. The van der Waals surface area contributed by atoms with Crippen molar-refractivity contribution in [2.45, 2.75) is 63.3 Å². The number of nitrogens with one attached hydrogen (secondary N) is 2. The number of amides is 1. The molecule has 1 spiro atoms. The maximum absolute atomic E-state index is 14.3. The number of alkyl halides is 2. The average molecular weight is 593 g/mol. The Morgan fingerprint density at radius 3 is 2.32 bits per heavy atom. The first-order valence-electron chi connectivity index (χ1n) is 14.1. The van der Waals surface area contributed by atoms with E-state index in [2.05, 4.69) is 24.9 Å². The van der Waals surface area contributed by atoms with Crippen LogP contribution in [0, 0.1) is 12.3 Å². The van der Waals surface area contributed by atoms with Crippen LogP contribution >= 0.6 is 0 Å². The molecule has 3 N–H and O–H groups in total. The molecule has 0 unspecified atom stereocenters. The Bertz CT molecular complexity index is 1380. The van der Waals surface area contributed by atoms with Crippen LogP contribution in [0.2, 0.25) is 0 Å². The highest BCUT2D eigenvalue weighted by Gasteiger charge is 2.44. The van der Waals surface area contributed by atoms with Crippen molar-refractivity contribution >= 4 is 39.1 Å². The van der Waals surface area contributed by atoms with Gasteiger partial charge >= 0.3 is 0 Å². The molecular formula is C28H38F2N6O4S. The second-order valence-electron chi connectivity index (χ2n) is 11.9. The molecule has 3 aliphatic rings. The summed E-state index contributed by atoms with van der Waals surface area (Å²) in [6, 6.07) is 6.24. The Morgan fingerprint density at radius 2 is 1.71 bits per heavy atom. The molecule has 224 valence electrons. The molecule has 1 atom stereocenters. The minimum atomic E-state index is -4.18. The second kappa shape index (κ2) is 11.3. The number of halogens is 2. The maximum atomic E-state index is 14.3. The van der Waals surface area contributed by atoms with Gasteiger partial charge in [0.15, 0.2) is 0 Å². The molecule has 0 radical (unpaired) electrons. The van der Waals surface area contributed by atoms with Crippen molar-refractivity contribution in [1.82, 2.24) is 9.97 Å². The van der Waals surface area contributed by atoms with E-state index in [0.717, 1.165) is 25.9 Å². The van der Waals surface area contributed by atoms with Gasteiger partial charge in [-0.05, 0) is 76.0 Å². The Labute approximate surface area is 239 Å². The van der Waals surface area contributed by atoms with E-state index < -0.39 is 40.1 Å². The van der Waals surface area contributed by atoms with Crippen LogP contribution in [0.15, 0.2) is 24.3 Å². The molecule has 2 saturated heterocycles. The predicted octanol–water partition coefficient (Wildman–Crippen LogP) is 3.82. The van der Waals surface area contributed by atoms with Crippen molar-refractivity contribution < 1.29 is 27.1 Å². The van der Waals surface area contributed by atoms with E-state index in [1.165, 1.54) is 25.0 Å². The molecule has 1 amide bonds. The number of anilines is 4. The van der Waals surface area contributed by atoms with Crippen LogP contribution in [0.3, 0.4) is 0 Å². The number of aliphatic hydroxyl groups is 1. The molecule has 3 fully saturated rings. The van der Waals surface area contributed by atoms with Crippen molar-refractivity contribution in [3.05, 3.63) is 35.5 Å². The summed E-state index contributed by atoms with van der Waals surface area (Å²) in [5, 5.41) is 10.6. The SMILES string of the molecule is Cc1cc(NC(=O)c2ccc(NS(=O)(=O)[C@H](CO)CF)cc2N2CCC3(CC2)CC3)nc(N2CCC(C)(F)CC2)n1. The van der Waals surface area contributed by atoms with Crippen molar-refractivity contribution in [3.63, 3.8) is 0 Å². The summed E-state index contributed by atoms with van der Waals surface area (Å²) < 4.78 is 55.1. The topological polar surface area (TPSA) is 128 Å². The number of sulfonamides is 1. The van der Waals surface area contributed by atoms with Crippen LogP contribution in [0.4, 0.5) is 31.9 Å². The van der Waals surface area contributed by atoms with Gasteiger partial charge in [0, 0.05) is 37.9 Å². The molecule has 1 aliphatic carbocycles. The first kappa shape index (κ1) is 29.4. The minimum absolute atomic E-state index is 0.181. The van der Waals surface area contributed by atoms with Crippen LogP contribution in [-0.2, 0) is 10.0 Å². The minimum Gasteiger partial charge on any atom is -0.395 e. The van der Waals surface area contributed by atoms with Crippen LogP contribution in [0.5, 0.6) is 0 Å². The smallest absolute Gasteiger partial charge is 0.258 e. The molecule has 3 heterocycles. The number of nitrogens with zero attached hydrogens (tertiary/aromatic N) is 4. The van der Waals surface area contributed by atoms with Gasteiger partial charge in [-0.15, -0.1) is 0 Å². The largest absolute Gasteiger partial charge is 0.395 e. The van der Waals surface area contributed by atoms with Crippen molar-refractivity contribution in [2.24, 2.45) is 5.41 Å². The van der Waals surface area contributed by atoms with Crippen molar-refractivity contribution in [2.75, 3.05) is 59.3 Å². The van der Waals surface area contributed by atoms with E-state index in [0.29, 0.717) is 60.1 Å². The van der Waals surface area contributed by atoms with Gasteiger partial charge in [0.2, 0.25) is 16.0 Å². The molecular weight excluding hydrogens is 554 g/mol. The number of hydrogen-bond donors (Lipinski definition) is 3. The number of aromatic nitrogens is 2. The molecule has 5 rings (SSSR count). The summed E-state index contributed by atoms with van der Waals surface area (Å²) in [4.78, 5) is 26.6. The van der Waals surface area contributed by atoms with E-state index in [4.69, 9.17) is 0 Å². The summed E-state index contributed by atoms with van der Waals surface area (Å²) >= 11 is 0. The normalized spacial score (nSPS) is 20.5. The van der Waals surface area contributed by atoms with Crippen LogP contribution in [0.1, 0.15) is 61.5 Å². The second-order valence-corrected chi connectivity index (χ2v) is 13.8. The fourth-order valence-corrected chi connectivity index (χ4v) is 6.52. The third-order valence-electron chi connectivity index (χ3n) is 8.61. The van der Waals surface area contributed by atoms with Gasteiger partial charge in [-0.2, -0.15) is 4.98 Å². The Morgan fingerprint density at radius 1 is 1.05 bits per heavy atom. The summed E-state index contributed by atoms with van der Waals surface area (Å²) in [5.74, 6) is 0.320. The first-order valence-corrected chi connectivity index (χ1v) is 15.7. The highest BCUT2D eigenvalue weighted by molar-refractivity contribution is 7.93.